The molecule has 0 aromatic heterocycles. The van der Waals surface area contributed by atoms with Gasteiger partial charge in [-0.2, -0.15) is 5.26 Å². The van der Waals surface area contributed by atoms with Crippen LogP contribution in [0.5, 0.6) is 0 Å². The Morgan fingerprint density at radius 2 is 2.20 bits per heavy atom. The summed E-state index contributed by atoms with van der Waals surface area (Å²) in [5.74, 6) is -0.190. The van der Waals surface area contributed by atoms with Crippen LogP contribution in [0.1, 0.15) is 0 Å². The van der Waals surface area contributed by atoms with Crippen molar-refractivity contribution < 1.29 is 4.79 Å². The minimum atomic E-state index is -0.544. The Kier molecular flexibility index (Phi) is 5.22. The summed E-state index contributed by atoms with van der Waals surface area (Å²) in [6.07, 6.45) is 0. The van der Waals surface area contributed by atoms with Crippen LogP contribution in [0.4, 0.5) is 0 Å². The van der Waals surface area contributed by atoms with Crippen LogP contribution in [0.15, 0.2) is 35.2 Å². The topological polar surface area (TPSA) is 52.9 Å². The molecule has 0 fully saturated rings. The standard InChI is InChI=1S/C10H9BrN2OS/c11-6-9(14)13-10(7-12)15-8-4-2-1-3-5-8/h1-5,10H,6H2,(H,13,14). The molecule has 0 spiro atoms. The number of halogens is 1. The average molecular weight is 285 g/mol. The Hall–Kier alpha value is -0.990. The molecule has 0 saturated heterocycles. The van der Waals surface area contributed by atoms with E-state index in [2.05, 4.69) is 21.2 Å². The molecule has 0 aliphatic rings. The zero-order chi connectivity index (χ0) is 11.1. The molecule has 1 amide bonds. The molecule has 1 aromatic carbocycles. The van der Waals surface area contributed by atoms with Crippen LogP contribution in [-0.4, -0.2) is 16.6 Å². The van der Waals surface area contributed by atoms with E-state index in [1.807, 2.05) is 36.4 Å². The first-order chi connectivity index (χ1) is 7.26. The number of nitrogens with zero attached hydrogens (tertiary/aromatic N) is 1. The molecule has 1 aromatic rings. The van der Waals surface area contributed by atoms with Gasteiger partial charge in [-0.05, 0) is 12.1 Å². The van der Waals surface area contributed by atoms with Gasteiger partial charge in [0.25, 0.3) is 0 Å². The van der Waals surface area contributed by atoms with Crippen LogP contribution in [0.25, 0.3) is 0 Å². The van der Waals surface area contributed by atoms with E-state index in [-0.39, 0.29) is 11.2 Å². The molecule has 0 radical (unpaired) electrons. The third kappa shape index (κ3) is 4.36. The van der Waals surface area contributed by atoms with Crippen LogP contribution in [-0.2, 0) is 4.79 Å². The van der Waals surface area contributed by atoms with E-state index < -0.39 is 5.37 Å². The molecule has 1 unspecified atom stereocenters. The molecule has 15 heavy (non-hydrogen) atoms. The van der Waals surface area contributed by atoms with Gasteiger partial charge in [0, 0.05) is 4.90 Å². The van der Waals surface area contributed by atoms with Gasteiger partial charge >= 0.3 is 0 Å². The molecule has 1 rings (SSSR count). The Balaban J connectivity index is 2.55. The SMILES string of the molecule is N#CC(NC(=O)CBr)Sc1ccccc1. The summed E-state index contributed by atoms with van der Waals surface area (Å²) in [5.41, 5.74) is 0. The molecule has 0 aliphatic carbocycles. The lowest BCUT2D eigenvalue weighted by Gasteiger charge is -2.09. The van der Waals surface area contributed by atoms with Crippen LogP contribution >= 0.6 is 27.7 Å². The zero-order valence-corrected chi connectivity index (χ0v) is 10.2. The smallest absolute Gasteiger partial charge is 0.232 e. The van der Waals surface area contributed by atoms with Gasteiger partial charge in [-0.1, -0.05) is 45.9 Å². The number of carbonyl (C=O) groups excluding carboxylic acids is 1. The van der Waals surface area contributed by atoms with Crippen molar-refractivity contribution in [3.8, 4) is 6.07 Å². The maximum absolute atomic E-state index is 11.0. The molecule has 1 N–H and O–H groups in total. The predicted octanol–water partition coefficient (Wildman–Crippen LogP) is 2.14. The van der Waals surface area contributed by atoms with Gasteiger partial charge in [0.05, 0.1) is 11.4 Å². The third-order valence-corrected chi connectivity index (χ3v) is 3.04. The van der Waals surface area contributed by atoms with Gasteiger partial charge in [-0.15, -0.1) is 0 Å². The highest BCUT2D eigenvalue weighted by atomic mass is 79.9. The van der Waals surface area contributed by atoms with Crippen molar-refractivity contribution in [1.82, 2.24) is 5.32 Å². The second-order valence-corrected chi connectivity index (χ2v) is 4.38. The second kappa shape index (κ2) is 6.49. The number of nitrogens with one attached hydrogen (secondary N) is 1. The van der Waals surface area contributed by atoms with Gasteiger partial charge in [0.1, 0.15) is 0 Å². The molecule has 0 bridgehead atoms. The number of alkyl halides is 1. The Morgan fingerprint density at radius 3 is 2.73 bits per heavy atom. The summed E-state index contributed by atoms with van der Waals surface area (Å²) in [6, 6.07) is 11.5. The van der Waals surface area contributed by atoms with Crippen molar-refractivity contribution in [3.05, 3.63) is 30.3 Å². The van der Waals surface area contributed by atoms with Crippen molar-refractivity contribution in [1.29, 1.82) is 5.26 Å². The van der Waals surface area contributed by atoms with Gasteiger partial charge in [0.2, 0.25) is 5.91 Å². The van der Waals surface area contributed by atoms with Gasteiger partial charge in [-0.25, -0.2) is 0 Å². The molecule has 78 valence electrons. The average Bonchev–Trinajstić information content (AvgIpc) is 2.29. The number of nitriles is 1. The quantitative estimate of drug-likeness (QED) is 0.524. The fourth-order valence-corrected chi connectivity index (χ4v) is 1.90. The van der Waals surface area contributed by atoms with Crippen LogP contribution < -0.4 is 5.32 Å². The van der Waals surface area contributed by atoms with Crippen molar-refractivity contribution in [2.45, 2.75) is 10.3 Å². The third-order valence-electron chi connectivity index (χ3n) is 1.53. The lowest BCUT2D eigenvalue weighted by atomic mass is 10.4. The molecule has 0 aliphatic heterocycles. The first-order valence-electron chi connectivity index (χ1n) is 4.23. The molecular formula is C10H9BrN2OS. The lowest BCUT2D eigenvalue weighted by molar-refractivity contribution is -0.118. The Labute approximate surface area is 101 Å². The summed E-state index contributed by atoms with van der Waals surface area (Å²) in [5, 5.41) is 11.1. The molecule has 0 saturated carbocycles. The summed E-state index contributed by atoms with van der Waals surface area (Å²) < 4.78 is 0. The minimum Gasteiger partial charge on any atom is -0.331 e. The van der Waals surface area contributed by atoms with Crippen LogP contribution in [0, 0.1) is 11.3 Å². The highest BCUT2D eigenvalue weighted by Crippen LogP contribution is 2.20. The predicted molar refractivity (Wildman–Crippen MR) is 63.6 cm³/mol. The molecule has 5 heteroatoms. The van der Waals surface area contributed by atoms with Gasteiger partial charge < -0.3 is 5.32 Å². The van der Waals surface area contributed by atoms with E-state index in [1.54, 1.807) is 0 Å². The maximum atomic E-state index is 11.0. The number of hydrogen-bond donors (Lipinski definition) is 1. The van der Waals surface area contributed by atoms with Gasteiger partial charge in [-0.3, -0.25) is 4.79 Å². The highest BCUT2D eigenvalue weighted by Gasteiger charge is 2.11. The summed E-state index contributed by atoms with van der Waals surface area (Å²) in [6.45, 7) is 0. The minimum absolute atomic E-state index is 0.190. The number of thioether (sulfide) groups is 1. The number of rotatable bonds is 4. The van der Waals surface area contributed by atoms with E-state index in [1.165, 1.54) is 11.8 Å². The van der Waals surface area contributed by atoms with Crippen LogP contribution in [0.3, 0.4) is 0 Å². The number of hydrogen-bond acceptors (Lipinski definition) is 3. The summed E-state index contributed by atoms with van der Waals surface area (Å²) in [7, 11) is 0. The first-order valence-corrected chi connectivity index (χ1v) is 6.23. The molecule has 0 heterocycles. The molecule has 3 nitrogen and oxygen atoms in total. The Bertz CT molecular complexity index is 363. The number of amides is 1. The van der Waals surface area contributed by atoms with E-state index in [4.69, 9.17) is 5.26 Å². The number of carbonyl (C=O) groups is 1. The fourth-order valence-electron chi connectivity index (χ4n) is 0.908. The summed E-state index contributed by atoms with van der Waals surface area (Å²) >= 11 is 4.35. The second-order valence-electron chi connectivity index (χ2n) is 2.64. The lowest BCUT2D eigenvalue weighted by Crippen LogP contribution is -2.31. The highest BCUT2D eigenvalue weighted by molar-refractivity contribution is 9.09. The largest absolute Gasteiger partial charge is 0.331 e. The zero-order valence-electron chi connectivity index (χ0n) is 7.81. The number of benzene rings is 1. The fraction of sp³-hybridized carbons (Fsp3) is 0.200. The first kappa shape index (κ1) is 12.1. The Morgan fingerprint density at radius 1 is 1.53 bits per heavy atom. The van der Waals surface area contributed by atoms with Crippen molar-refractivity contribution in [2.75, 3.05) is 5.33 Å². The van der Waals surface area contributed by atoms with E-state index in [0.717, 1.165) is 4.90 Å². The van der Waals surface area contributed by atoms with Crippen molar-refractivity contribution >= 4 is 33.6 Å². The monoisotopic (exact) mass is 284 g/mol. The van der Waals surface area contributed by atoms with Crippen LogP contribution in [0.2, 0.25) is 0 Å². The van der Waals surface area contributed by atoms with Crippen molar-refractivity contribution in [3.63, 3.8) is 0 Å². The van der Waals surface area contributed by atoms with E-state index >= 15 is 0 Å². The van der Waals surface area contributed by atoms with E-state index in [0.29, 0.717) is 0 Å². The summed E-state index contributed by atoms with van der Waals surface area (Å²) in [4.78, 5) is 12.0. The van der Waals surface area contributed by atoms with Gasteiger partial charge in [0.15, 0.2) is 5.37 Å². The molecule has 1 atom stereocenters. The maximum Gasteiger partial charge on any atom is 0.232 e. The van der Waals surface area contributed by atoms with Crippen molar-refractivity contribution in [2.24, 2.45) is 0 Å². The van der Waals surface area contributed by atoms with E-state index in [9.17, 15) is 4.79 Å². The normalized spacial score (nSPS) is 11.5. The molecular weight excluding hydrogens is 276 g/mol.